The van der Waals surface area contributed by atoms with Crippen molar-refractivity contribution in [1.82, 2.24) is 19.6 Å². The number of amides is 1. The van der Waals surface area contributed by atoms with Gasteiger partial charge in [-0.15, -0.1) is 0 Å². The van der Waals surface area contributed by atoms with Gasteiger partial charge in [0.2, 0.25) is 0 Å². The Balaban J connectivity index is 1.66. The van der Waals surface area contributed by atoms with Crippen molar-refractivity contribution in [2.24, 2.45) is 0 Å². The normalized spacial score (nSPS) is 12.0. The quantitative estimate of drug-likeness (QED) is 0.675. The Labute approximate surface area is 160 Å². The number of halogens is 1. The van der Waals surface area contributed by atoms with Crippen molar-refractivity contribution >= 4 is 34.9 Å². The van der Waals surface area contributed by atoms with Gasteiger partial charge in [-0.25, -0.2) is 9.50 Å². The van der Waals surface area contributed by atoms with Crippen LogP contribution in [0.5, 0.6) is 0 Å². The molecule has 0 saturated heterocycles. The molecule has 140 valence electrons. The minimum Gasteiger partial charge on any atom is -0.452 e. The number of ether oxygens (including phenoxy) is 1. The summed E-state index contributed by atoms with van der Waals surface area (Å²) in [5, 5.41) is 7.25. The third kappa shape index (κ3) is 4.22. The largest absolute Gasteiger partial charge is 0.452 e. The lowest BCUT2D eigenvalue weighted by Crippen LogP contribution is -2.30. The summed E-state index contributed by atoms with van der Waals surface area (Å²) >= 11 is 5.89. The Morgan fingerprint density at radius 1 is 1.33 bits per heavy atom. The number of carbonyl (C=O) groups excluding carboxylic acids is 2. The summed E-state index contributed by atoms with van der Waals surface area (Å²) in [7, 11) is 0. The van der Waals surface area contributed by atoms with Gasteiger partial charge in [-0.2, -0.15) is 10.1 Å². The minimum atomic E-state index is -0.958. The summed E-state index contributed by atoms with van der Waals surface area (Å²) in [6, 6.07) is 6.72. The van der Waals surface area contributed by atoms with E-state index < -0.39 is 18.0 Å². The maximum Gasteiger partial charge on any atom is 0.311 e. The summed E-state index contributed by atoms with van der Waals surface area (Å²) in [5.41, 5.74) is 2.65. The third-order valence-corrected chi connectivity index (χ3v) is 4.31. The number of nitrogens with one attached hydrogen (secondary N) is 1. The molecule has 2 aromatic heterocycles. The number of nitrogens with zero attached hydrogens (tertiary/aromatic N) is 4. The second-order valence-electron chi connectivity index (χ2n) is 6.04. The zero-order valence-corrected chi connectivity index (χ0v) is 15.8. The van der Waals surface area contributed by atoms with Gasteiger partial charge >= 0.3 is 5.97 Å². The van der Waals surface area contributed by atoms with Crippen LogP contribution in [0.25, 0.3) is 5.78 Å². The molecule has 0 fully saturated rings. The number of benzene rings is 1. The first-order valence-electron chi connectivity index (χ1n) is 8.27. The van der Waals surface area contributed by atoms with Crippen LogP contribution in [-0.2, 0) is 20.7 Å². The van der Waals surface area contributed by atoms with Gasteiger partial charge in [0, 0.05) is 27.7 Å². The van der Waals surface area contributed by atoms with Crippen molar-refractivity contribution < 1.29 is 14.3 Å². The smallest absolute Gasteiger partial charge is 0.311 e. The Bertz CT molecular complexity index is 1020. The highest BCUT2D eigenvalue weighted by atomic mass is 35.5. The molecule has 1 atom stereocenters. The Kier molecular flexibility index (Phi) is 5.36. The predicted octanol–water partition coefficient (Wildman–Crippen LogP) is 2.51. The molecule has 0 radical (unpaired) electrons. The molecule has 0 aliphatic carbocycles. The Hall–Kier alpha value is -3.00. The Morgan fingerprint density at radius 3 is 2.85 bits per heavy atom. The van der Waals surface area contributed by atoms with Gasteiger partial charge in [0.15, 0.2) is 6.10 Å². The number of carbonyl (C=O) groups is 2. The summed E-state index contributed by atoms with van der Waals surface area (Å²) < 4.78 is 6.83. The van der Waals surface area contributed by atoms with Crippen LogP contribution in [0.15, 0.2) is 30.6 Å². The molecule has 0 unspecified atom stereocenters. The van der Waals surface area contributed by atoms with E-state index in [9.17, 15) is 9.59 Å². The molecule has 9 heteroatoms. The van der Waals surface area contributed by atoms with Gasteiger partial charge < -0.3 is 10.1 Å². The van der Waals surface area contributed by atoms with Gasteiger partial charge in [0.1, 0.15) is 6.33 Å². The van der Waals surface area contributed by atoms with Crippen LogP contribution < -0.4 is 5.32 Å². The van der Waals surface area contributed by atoms with Gasteiger partial charge in [0.25, 0.3) is 11.7 Å². The van der Waals surface area contributed by atoms with Crippen LogP contribution in [-0.4, -0.2) is 37.6 Å². The van der Waals surface area contributed by atoms with Crippen molar-refractivity contribution in [2.75, 3.05) is 5.32 Å². The second kappa shape index (κ2) is 7.71. The first kappa shape index (κ1) is 18.8. The molecule has 27 heavy (non-hydrogen) atoms. The van der Waals surface area contributed by atoms with Crippen molar-refractivity contribution in [3.63, 3.8) is 0 Å². The number of aryl methyl sites for hydroxylation is 2. The average Bonchev–Trinajstić information content (AvgIpc) is 3.07. The molecule has 1 amide bonds. The molecule has 1 N–H and O–H groups in total. The van der Waals surface area contributed by atoms with Gasteiger partial charge in [-0.1, -0.05) is 17.7 Å². The highest BCUT2D eigenvalue weighted by Crippen LogP contribution is 2.16. The van der Waals surface area contributed by atoms with Crippen molar-refractivity contribution in [2.45, 2.75) is 33.3 Å². The van der Waals surface area contributed by atoms with E-state index in [0.29, 0.717) is 27.7 Å². The number of fused-ring (bicyclic) bond motifs is 1. The van der Waals surface area contributed by atoms with Crippen LogP contribution in [0, 0.1) is 13.8 Å². The van der Waals surface area contributed by atoms with E-state index in [1.54, 1.807) is 35.7 Å². The first-order chi connectivity index (χ1) is 12.8. The maximum absolute atomic E-state index is 12.3. The molecule has 0 saturated carbocycles. The molecular formula is C18H18ClN5O3. The molecule has 0 spiro atoms. The first-order valence-corrected chi connectivity index (χ1v) is 8.64. The number of hydrogen-bond donors (Lipinski definition) is 1. The van der Waals surface area contributed by atoms with Crippen molar-refractivity contribution in [3.05, 3.63) is 52.6 Å². The van der Waals surface area contributed by atoms with Gasteiger partial charge in [-0.05, 0) is 39.0 Å². The zero-order valence-electron chi connectivity index (χ0n) is 15.1. The van der Waals surface area contributed by atoms with Crippen LogP contribution in [0.1, 0.15) is 23.9 Å². The van der Waals surface area contributed by atoms with E-state index in [4.69, 9.17) is 16.3 Å². The lowest BCUT2D eigenvalue weighted by molar-refractivity contribution is -0.152. The second-order valence-corrected chi connectivity index (χ2v) is 6.48. The lowest BCUT2D eigenvalue weighted by atomic mass is 10.1. The summed E-state index contributed by atoms with van der Waals surface area (Å²) in [6.07, 6.45) is 0.425. The highest BCUT2D eigenvalue weighted by molar-refractivity contribution is 6.30. The summed E-state index contributed by atoms with van der Waals surface area (Å²) in [5.74, 6) is -0.503. The topological polar surface area (TPSA) is 98.5 Å². The van der Waals surface area contributed by atoms with E-state index in [1.807, 2.05) is 6.92 Å². The van der Waals surface area contributed by atoms with E-state index in [0.717, 1.165) is 5.69 Å². The molecule has 0 aliphatic rings. The van der Waals surface area contributed by atoms with E-state index in [1.165, 1.54) is 13.3 Å². The number of aromatic nitrogens is 4. The zero-order chi connectivity index (χ0) is 19.6. The summed E-state index contributed by atoms with van der Waals surface area (Å²) in [6.45, 7) is 5.13. The number of esters is 1. The van der Waals surface area contributed by atoms with Crippen LogP contribution >= 0.6 is 11.6 Å². The molecular weight excluding hydrogens is 370 g/mol. The van der Waals surface area contributed by atoms with Crippen LogP contribution in [0.4, 0.5) is 5.69 Å². The average molecular weight is 388 g/mol. The van der Waals surface area contributed by atoms with E-state index in [2.05, 4.69) is 20.4 Å². The van der Waals surface area contributed by atoms with Gasteiger partial charge in [0.05, 0.1) is 6.42 Å². The predicted molar refractivity (Wildman–Crippen MR) is 99.6 cm³/mol. The summed E-state index contributed by atoms with van der Waals surface area (Å²) in [4.78, 5) is 32.9. The standard InChI is InChI=1S/C18H18ClN5O3/c1-10-15(11(2)24-18(22-10)20-9-21-24)8-16(25)27-12(3)17(26)23-14-6-4-5-13(19)7-14/h4-7,9,12H,8H2,1-3H3,(H,23,26)/t12-/m0/s1. The SMILES string of the molecule is Cc1nc2ncnn2c(C)c1CC(=O)O[C@@H](C)C(=O)Nc1cccc(Cl)c1. The lowest BCUT2D eigenvalue weighted by Gasteiger charge is -2.15. The van der Waals surface area contributed by atoms with Crippen LogP contribution in [0.2, 0.25) is 5.02 Å². The molecule has 3 rings (SSSR count). The highest BCUT2D eigenvalue weighted by Gasteiger charge is 2.21. The van der Waals surface area contributed by atoms with Crippen molar-refractivity contribution in [1.29, 1.82) is 0 Å². The molecule has 3 aromatic rings. The van der Waals surface area contributed by atoms with Crippen LogP contribution in [0.3, 0.4) is 0 Å². The fraction of sp³-hybridized carbons (Fsp3) is 0.278. The molecule has 8 nitrogen and oxygen atoms in total. The maximum atomic E-state index is 12.3. The molecule has 2 heterocycles. The molecule has 0 bridgehead atoms. The third-order valence-electron chi connectivity index (χ3n) is 4.08. The molecule has 0 aliphatic heterocycles. The van der Waals surface area contributed by atoms with Gasteiger partial charge in [-0.3, -0.25) is 9.59 Å². The van der Waals surface area contributed by atoms with E-state index in [-0.39, 0.29) is 6.42 Å². The fourth-order valence-corrected chi connectivity index (χ4v) is 2.85. The van der Waals surface area contributed by atoms with E-state index >= 15 is 0 Å². The monoisotopic (exact) mass is 387 g/mol. The Morgan fingerprint density at radius 2 is 2.11 bits per heavy atom. The molecule has 1 aromatic carbocycles. The number of hydrogen-bond acceptors (Lipinski definition) is 6. The number of rotatable bonds is 5. The fourth-order valence-electron chi connectivity index (χ4n) is 2.66. The number of anilines is 1. The van der Waals surface area contributed by atoms with Crippen molar-refractivity contribution in [3.8, 4) is 0 Å². The minimum absolute atomic E-state index is 0.0186.